The summed E-state index contributed by atoms with van der Waals surface area (Å²) in [6.45, 7) is 4.24. The summed E-state index contributed by atoms with van der Waals surface area (Å²) < 4.78 is 0. The first-order valence-electron chi connectivity index (χ1n) is 7.38. The van der Waals surface area contributed by atoms with Crippen LogP contribution in [0.25, 0.3) is 0 Å². The van der Waals surface area contributed by atoms with Crippen LogP contribution in [0.2, 0.25) is 0 Å². The van der Waals surface area contributed by atoms with Crippen LogP contribution in [-0.2, 0) is 4.79 Å². The Hall–Kier alpha value is -0.610. The van der Waals surface area contributed by atoms with Crippen molar-refractivity contribution in [3.05, 3.63) is 0 Å². The van der Waals surface area contributed by atoms with Gasteiger partial charge in [-0.3, -0.25) is 4.79 Å². The molecule has 1 saturated heterocycles. The summed E-state index contributed by atoms with van der Waals surface area (Å²) in [5, 5.41) is 0. The maximum absolute atomic E-state index is 12.5. The number of likely N-dealkylation sites (N-methyl/N-ethyl adjacent to an activating group) is 1. The van der Waals surface area contributed by atoms with Crippen LogP contribution in [-0.4, -0.2) is 55.5 Å². The number of hydrogen-bond acceptors (Lipinski definition) is 3. The van der Waals surface area contributed by atoms with Gasteiger partial charge in [-0.1, -0.05) is 25.7 Å². The Morgan fingerprint density at radius 2 is 1.83 bits per heavy atom. The minimum absolute atomic E-state index is 0.0662. The molecule has 1 heterocycles. The van der Waals surface area contributed by atoms with Gasteiger partial charge in [-0.2, -0.15) is 0 Å². The smallest absolute Gasteiger partial charge is 0.227 e. The second-order valence-electron chi connectivity index (χ2n) is 5.95. The van der Waals surface area contributed by atoms with E-state index in [0.29, 0.717) is 12.5 Å². The zero-order chi connectivity index (χ0) is 13.0. The summed E-state index contributed by atoms with van der Waals surface area (Å²) in [5.41, 5.74) is 5.83. The molecule has 0 bridgehead atoms. The van der Waals surface area contributed by atoms with Crippen LogP contribution < -0.4 is 5.73 Å². The van der Waals surface area contributed by atoms with E-state index in [9.17, 15) is 4.79 Å². The van der Waals surface area contributed by atoms with Crippen LogP contribution in [0.15, 0.2) is 0 Å². The molecule has 0 aromatic rings. The second kappa shape index (κ2) is 6.53. The molecular formula is C14H27N3O. The van der Waals surface area contributed by atoms with Crippen molar-refractivity contribution in [2.45, 2.75) is 32.1 Å². The number of rotatable bonds is 4. The highest BCUT2D eigenvalue weighted by atomic mass is 16.2. The van der Waals surface area contributed by atoms with Crippen molar-refractivity contribution in [3.63, 3.8) is 0 Å². The molecule has 2 N–H and O–H groups in total. The summed E-state index contributed by atoms with van der Waals surface area (Å²) in [5.74, 6) is 1.11. The monoisotopic (exact) mass is 253 g/mol. The lowest BCUT2D eigenvalue weighted by molar-refractivity contribution is -0.137. The van der Waals surface area contributed by atoms with Gasteiger partial charge < -0.3 is 15.5 Å². The molecule has 1 aliphatic heterocycles. The van der Waals surface area contributed by atoms with E-state index in [1.54, 1.807) is 0 Å². The fourth-order valence-corrected chi connectivity index (χ4v) is 3.23. The number of hydrogen-bond donors (Lipinski definition) is 1. The van der Waals surface area contributed by atoms with Gasteiger partial charge in [0.2, 0.25) is 5.91 Å². The van der Waals surface area contributed by atoms with E-state index >= 15 is 0 Å². The molecule has 18 heavy (non-hydrogen) atoms. The highest BCUT2D eigenvalue weighted by molar-refractivity contribution is 5.79. The number of amides is 1. The van der Waals surface area contributed by atoms with Gasteiger partial charge in [0, 0.05) is 32.7 Å². The minimum Gasteiger partial charge on any atom is -0.340 e. The van der Waals surface area contributed by atoms with Crippen LogP contribution >= 0.6 is 0 Å². The third kappa shape index (κ3) is 3.45. The number of nitrogens with two attached hydrogens (primary N) is 1. The van der Waals surface area contributed by atoms with Gasteiger partial charge >= 0.3 is 0 Å². The zero-order valence-corrected chi connectivity index (χ0v) is 11.6. The SMILES string of the molecule is CN1CCN(C(=O)C(CN)CC2CCCC2)CC1. The molecule has 0 aromatic heterocycles. The predicted octanol–water partition coefficient (Wildman–Crippen LogP) is 0.916. The van der Waals surface area contributed by atoms with Crippen LogP contribution in [0.1, 0.15) is 32.1 Å². The van der Waals surface area contributed by atoms with E-state index in [4.69, 9.17) is 5.73 Å². The Morgan fingerprint density at radius 1 is 1.22 bits per heavy atom. The molecule has 4 nitrogen and oxygen atoms in total. The molecule has 1 saturated carbocycles. The molecule has 0 spiro atoms. The third-order valence-electron chi connectivity index (χ3n) is 4.54. The summed E-state index contributed by atoms with van der Waals surface area (Å²) in [4.78, 5) is 16.7. The van der Waals surface area contributed by atoms with Gasteiger partial charge in [0.25, 0.3) is 0 Å². The molecule has 1 aliphatic carbocycles. The first-order valence-corrected chi connectivity index (χ1v) is 7.38. The molecule has 1 unspecified atom stereocenters. The van der Waals surface area contributed by atoms with Crippen molar-refractivity contribution in [3.8, 4) is 0 Å². The Kier molecular flexibility index (Phi) is 5.01. The lowest BCUT2D eigenvalue weighted by Crippen LogP contribution is -2.50. The average molecular weight is 253 g/mol. The molecule has 2 aliphatic rings. The maximum atomic E-state index is 12.5. The van der Waals surface area contributed by atoms with Crippen molar-refractivity contribution in [2.24, 2.45) is 17.6 Å². The third-order valence-corrected chi connectivity index (χ3v) is 4.54. The molecule has 2 rings (SSSR count). The van der Waals surface area contributed by atoms with E-state index in [1.165, 1.54) is 25.7 Å². The maximum Gasteiger partial charge on any atom is 0.227 e. The Labute approximate surface area is 110 Å². The molecule has 1 atom stereocenters. The van der Waals surface area contributed by atoms with Gasteiger partial charge in [-0.05, 0) is 19.4 Å². The Bertz CT molecular complexity index is 268. The van der Waals surface area contributed by atoms with Crippen molar-refractivity contribution < 1.29 is 4.79 Å². The second-order valence-corrected chi connectivity index (χ2v) is 5.95. The van der Waals surface area contributed by atoms with Crippen LogP contribution in [0.3, 0.4) is 0 Å². The summed E-state index contributed by atoms with van der Waals surface area (Å²) in [6, 6.07) is 0. The standard InChI is InChI=1S/C14H27N3O/c1-16-6-8-17(9-7-16)14(18)13(11-15)10-12-4-2-3-5-12/h12-13H,2-11,15H2,1H3. The number of piperazine rings is 1. The predicted molar refractivity (Wildman–Crippen MR) is 73.2 cm³/mol. The number of nitrogens with zero attached hydrogens (tertiary/aromatic N) is 2. The van der Waals surface area contributed by atoms with E-state index < -0.39 is 0 Å². The van der Waals surface area contributed by atoms with Crippen LogP contribution in [0.5, 0.6) is 0 Å². The van der Waals surface area contributed by atoms with Crippen molar-refractivity contribution in [1.82, 2.24) is 9.80 Å². The lowest BCUT2D eigenvalue weighted by atomic mass is 9.92. The topological polar surface area (TPSA) is 49.6 Å². The molecule has 104 valence electrons. The molecule has 0 radical (unpaired) electrons. The van der Waals surface area contributed by atoms with Gasteiger partial charge in [-0.25, -0.2) is 0 Å². The van der Waals surface area contributed by atoms with Crippen LogP contribution in [0.4, 0.5) is 0 Å². The Balaban J connectivity index is 1.84. The number of carbonyl (C=O) groups is 1. The molecule has 4 heteroatoms. The van der Waals surface area contributed by atoms with E-state index in [0.717, 1.165) is 38.5 Å². The fourth-order valence-electron chi connectivity index (χ4n) is 3.23. The van der Waals surface area contributed by atoms with E-state index in [1.807, 2.05) is 4.90 Å². The van der Waals surface area contributed by atoms with Gasteiger partial charge in [0.15, 0.2) is 0 Å². The zero-order valence-electron chi connectivity index (χ0n) is 11.6. The van der Waals surface area contributed by atoms with Gasteiger partial charge in [0.05, 0.1) is 5.92 Å². The highest BCUT2D eigenvalue weighted by Gasteiger charge is 2.28. The van der Waals surface area contributed by atoms with Crippen molar-refractivity contribution in [1.29, 1.82) is 0 Å². The van der Waals surface area contributed by atoms with E-state index in [-0.39, 0.29) is 5.92 Å². The molecular weight excluding hydrogens is 226 g/mol. The largest absolute Gasteiger partial charge is 0.340 e. The Morgan fingerprint density at radius 3 is 2.39 bits per heavy atom. The first-order chi connectivity index (χ1) is 8.70. The van der Waals surface area contributed by atoms with Gasteiger partial charge in [0.1, 0.15) is 0 Å². The van der Waals surface area contributed by atoms with Crippen molar-refractivity contribution in [2.75, 3.05) is 39.8 Å². The number of carbonyl (C=O) groups excluding carboxylic acids is 1. The quantitative estimate of drug-likeness (QED) is 0.810. The first kappa shape index (κ1) is 13.8. The lowest BCUT2D eigenvalue weighted by Gasteiger charge is -2.35. The van der Waals surface area contributed by atoms with Gasteiger partial charge in [-0.15, -0.1) is 0 Å². The van der Waals surface area contributed by atoms with Crippen LogP contribution in [0, 0.1) is 11.8 Å². The molecule has 2 fully saturated rings. The average Bonchev–Trinajstić information content (AvgIpc) is 2.89. The summed E-state index contributed by atoms with van der Waals surface area (Å²) >= 11 is 0. The van der Waals surface area contributed by atoms with E-state index in [2.05, 4.69) is 11.9 Å². The molecule has 0 aromatic carbocycles. The summed E-state index contributed by atoms with van der Waals surface area (Å²) in [7, 11) is 2.11. The molecule has 1 amide bonds. The fraction of sp³-hybridized carbons (Fsp3) is 0.929. The summed E-state index contributed by atoms with van der Waals surface area (Å²) in [6.07, 6.45) is 6.29. The highest BCUT2D eigenvalue weighted by Crippen LogP contribution is 2.30. The van der Waals surface area contributed by atoms with Crippen molar-refractivity contribution >= 4 is 5.91 Å². The normalized spacial score (nSPS) is 24.4. The minimum atomic E-state index is 0.0662.